The van der Waals surface area contributed by atoms with Crippen LogP contribution in [-0.2, 0) is 0 Å². The molecule has 0 aliphatic heterocycles. The van der Waals surface area contributed by atoms with E-state index in [0.29, 0.717) is 5.41 Å². The van der Waals surface area contributed by atoms with Gasteiger partial charge >= 0.3 is 0 Å². The number of hydrogen-bond donors (Lipinski definition) is 0. The summed E-state index contributed by atoms with van der Waals surface area (Å²) in [5, 5.41) is 0. The molecule has 13 heavy (non-hydrogen) atoms. The highest BCUT2D eigenvalue weighted by molar-refractivity contribution is 5.38. The van der Waals surface area contributed by atoms with Crippen molar-refractivity contribution in [3.8, 4) is 0 Å². The van der Waals surface area contributed by atoms with Crippen molar-refractivity contribution in [1.29, 1.82) is 0 Å². The molecule has 0 spiro atoms. The molecule has 2 rings (SSSR count). The zero-order valence-electron chi connectivity index (χ0n) is 8.53. The highest BCUT2D eigenvalue weighted by Crippen LogP contribution is 2.50. The van der Waals surface area contributed by atoms with Gasteiger partial charge in [0.1, 0.15) is 0 Å². The fraction of sp³-hybridized carbons (Fsp3) is 0.538. The van der Waals surface area contributed by atoms with Gasteiger partial charge in [-0.1, -0.05) is 42.9 Å². The van der Waals surface area contributed by atoms with Gasteiger partial charge in [-0.2, -0.15) is 0 Å². The molecule has 0 amide bonds. The molecule has 0 radical (unpaired) electrons. The number of allylic oxidation sites excluding steroid dienone is 4. The highest BCUT2D eigenvalue weighted by atomic mass is 14.4. The first-order valence-electron chi connectivity index (χ1n) is 5.20. The summed E-state index contributed by atoms with van der Waals surface area (Å²) in [7, 11) is 0. The minimum atomic E-state index is 0.319. The van der Waals surface area contributed by atoms with E-state index in [1.807, 2.05) is 0 Å². The smallest absolute Gasteiger partial charge is 0.00959 e. The van der Waals surface area contributed by atoms with Crippen molar-refractivity contribution in [1.82, 2.24) is 0 Å². The minimum Gasteiger partial charge on any atom is -0.0990 e. The molecule has 2 aliphatic carbocycles. The van der Waals surface area contributed by atoms with Crippen molar-refractivity contribution in [3.63, 3.8) is 0 Å². The van der Waals surface area contributed by atoms with Crippen molar-refractivity contribution < 1.29 is 0 Å². The fourth-order valence-electron chi connectivity index (χ4n) is 2.57. The van der Waals surface area contributed by atoms with Gasteiger partial charge in [-0.3, -0.25) is 0 Å². The molecule has 0 aromatic rings. The van der Waals surface area contributed by atoms with Gasteiger partial charge in [-0.15, -0.1) is 0 Å². The van der Waals surface area contributed by atoms with Gasteiger partial charge in [-0.05, 0) is 32.1 Å². The molecular weight excluding hydrogens is 156 g/mol. The maximum Gasteiger partial charge on any atom is 0.00959 e. The molecule has 1 fully saturated rings. The lowest BCUT2D eigenvalue weighted by atomic mass is 9.63. The molecule has 0 aromatic carbocycles. The monoisotopic (exact) mass is 174 g/mol. The molecule has 0 N–H and O–H groups in total. The van der Waals surface area contributed by atoms with E-state index in [1.165, 1.54) is 36.8 Å². The van der Waals surface area contributed by atoms with E-state index >= 15 is 0 Å². The number of hydrogen-bond acceptors (Lipinski definition) is 0. The third-order valence-electron chi connectivity index (χ3n) is 3.74. The number of fused-ring (bicyclic) bond motifs is 1. The summed E-state index contributed by atoms with van der Waals surface area (Å²) in [6.07, 6.45) is 8.46. The predicted molar refractivity (Wildman–Crippen MR) is 57.6 cm³/mol. The maximum absolute atomic E-state index is 4.22. The Morgan fingerprint density at radius 3 is 2.77 bits per heavy atom. The van der Waals surface area contributed by atoms with Crippen LogP contribution >= 0.6 is 0 Å². The maximum atomic E-state index is 4.22. The molecule has 0 heterocycles. The molecule has 0 aromatic heterocycles. The largest absolute Gasteiger partial charge is 0.0990 e. The standard InChI is InChI=1S/C13H18/c1-10-7-8-13(3)11(2)5-4-6-12(13)9-10/h9H,1-2,4-8H2,3H3. The molecule has 70 valence electrons. The molecule has 1 atom stereocenters. The summed E-state index contributed by atoms with van der Waals surface area (Å²) in [6.45, 7) is 10.6. The molecule has 0 nitrogen and oxygen atoms in total. The average Bonchev–Trinajstić information content (AvgIpc) is 2.09. The van der Waals surface area contributed by atoms with Gasteiger partial charge in [0.15, 0.2) is 0 Å². The van der Waals surface area contributed by atoms with Crippen molar-refractivity contribution in [2.75, 3.05) is 0 Å². The van der Waals surface area contributed by atoms with Gasteiger partial charge in [0, 0.05) is 5.41 Å². The average molecular weight is 174 g/mol. The van der Waals surface area contributed by atoms with Gasteiger partial charge in [-0.25, -0.2) is 0 Å². The van der Waals surface area contributed by atoms with Crippen LogP contribution in [0.1, 0.15) is 39.0 Å². The molecule has 1 unspecified atom stereocenters. The van der Waals surface area contributed by atoms with E-state index in [1.54, 1.807) is 5.57 Å². The van der Waals surface area contributed by atoms with Crippen LogP contribution in [0.5, 0.6) is 0 Å². The summed E-state index contributed by atoms with van der Waals surface area (Å²) < 4.78 is 0. The van der Waals surface area contributed by atoms with Crippen molar-refractivity contribution in [2.45, 2.75) is 39.0 Å². The first kappa shape index (κ1) is 8.80. The Morgan fingerprint density at radius 2 is 2.00 bits per heavy atom. The predicted octanol–water partition coefficient (Wildman–Crippen LogP) is 4.01. The molecule has 0 saturated heterocycles. The van der Waals surface area contributed by atoms with Crippen molar-refractivity contribution in [2.24, 2.45) is 5.41 Å². The second-order valence-corrected chi connectivity index (χ2v) is 4.62. The third kappa shape index (κ3) is 1.29. The van der Waals surface area contributed by atoms with E-state index in [0.717, 1.165) is 6.42 Å². The molecule has 0 heteroatoms. The fourth-order valence-corrected chi connectivity index (χ4v) is 2.57. The van der Waals surface area contributed by atoms with Crippen LogP contribution in [0.25, 0.3) is 0 Å². The molecule has 1 saturated carbocycles. The first-order chi connectivity index (χ1) is 6.13. The Bertz CT molecular complexity index is 293. The van der Waals surface area contributed by atoms with E-state index in [-0.39, 0.29) is 0 Å². The summed E-state index contributed by atoms with van der Waals surface area (Å²) in [5.74, 6) is 0. The second kappa shape index (κ2) is 2.87. The lowest BCUT2D eigenvalue weighted by Gasteiger charge is -2.41. The van der Waals surface area contributed by atoms with Crippen LogP contribution < -0.4 is 0 Å². The van der Waals surface area contributed by atoms with Crippen molar-refractivity contribution >= 4 is 0 Å². The Morgan fingerprint density at radius 1 is 1.23 bits per heavy atom. The normalized spacial score (nSPS) is 34.1. The highest BCUT2D eigenvalue weighted by Gasteiger charge is 2.36. The quantitative estimate of drug-likeness (QED) is 0.487. The Balaban J connectivity index is 2.39. The zero-order valence-corrected chi connectivity index (χ0v) is 8.53. The molecule has 0 bridgehead atoms. The van der Waals surface area contributed by atoms with Crippen LogP contribution in [-0.4, -0.2) is 0 Å². The Labute approximate surface area is 81.0 Å². The van der Waals surface area contributed by atoms with Gasteiger partial charge in [0.2, 0.25) is 0 Å². The van der Waals surface area contributed by atoms with Gasteiger partial charge in [0.05, 0.1) is 0 Å². The van der Waals surface area contributed by atoms with Crippen LogP contribution in [0.15, 0.2) is 36.0 Å². The zero-order chi connectivity index (χ0) is 9.47. The van der Waals surface area contributed by atoms with E-state index < -0.39 is 0 Å². The summed E-state index contributed by atoms with van der Waals surface area (Å²) >= 11 is 0. The lowest BCUT2D eigenvalue weighted by Crippen LogP contribution is -2.28. The Hall–Kier alpha value is -0.780. The van der Waals surface area contributed by atoms with Gasteiger partial charge in [0.25, 0.3) is 0 Å². The van der Waals surface area contributed by atoms with Crippen LogP contribution in [0.4, 0.5) is 0 Å². The first-order valence-corrected chi connectivity index (χ1v) is 5.20. The molecule has 2 aliphatic rings. The van der Waals surface area contributed by atoms with E-state index in [2.05, 4.69) is 26.2 Å². The lowest BCUT2D eigenvalue weighted by molar-refractivity contribution is 0.367. The number of rotatable bonds is 0. The summed E-state index contributed by atoms with van der Waals surface area (Å²) in [4.78, 5) is 0. The topological polar surface area (TPSA) is 0 Å². The third-order valence-corrected chi connectivity index (χ3v) is 3.74. The molecular formula is C13H18. The van der Waals surface area contributed by atoms with Crippen LogP contribution in [0.3, 0.4) is 0 Å². The summed E-state index contributed by atoms with van der Waals surface area (Å²) in [5.41, 5.74) is 4.65. The minimum absolute atomic E-state index is 0.319. The Kier molecular flexibility index (Phi) is 1.94. The summed E-state index contributed by atoms with van der Waals surface area (Å²) in [6, 6.07) is 0. The second-order valence-electron chi connectivity index (χ2n) is 4.62. The van der Waals surface area contributed by atoms with Crippen molar-refractivity contribution in [3.05, 3.63) is 36.0 Å². The van der Waals surface area contributed by atoms with Crippen LogP contribution in [0.2, 0.25) is 0 Å². The van der Waals surface area contributed by atoms with E-state index in [9.17, 15) is 0 Å². The SMILES string of the molecule is C=C1C=C2CCCC(=C)C2(C)CC1. The van der Waals surface area contributed by atoms with Gasteiger partial charge < -0.3 is 0 Å². The van der Waals surface area contributed by atoms with Crippen LogP contribution in [0, 0.1) is 5.41 Å². The van der Waals surface area contributed by atoms with E-state index in [4.69, 9.17) is 0 Å².